The molecule has 100 valence electrons. The van der Waals surface area contributed by atoms with Gasteiger partial charge in [0.05, 0.1) is 4.90 Å². The molecule has 0 atom stereocenters. The van der Waals surface area contributed by atoms with Crippen LogP contribution < -0.4 is 10.0 Å². The normalized spacial score (nSPS) is 11.0. The number of urea groups is 1. The number of benzene rings is 1. The second-order valence-corrected chi connectivity index (χ2v) is 6.27. The van der Waals surface area contributed by atoms with Crippen LogP contribution in [0.3, 0.4) is 0 Å². The Hall–Kier alpha value is -1.08. The number of hydrogen-bond donors (Lipinski definition) is 2. The molecule has 7 heteroatoms. The summed E-state index contributed by atoms with van der Waals surface area (Å²) in [6.07, 6.45) is 1.74. The predicted octanol–water partition coefficient (Wildman–Crippen LogP) is 2.24. The number of carbonyl (C=O) groups excluding carboxylic acids is 1. The zero-order valence-electron chi connectivity index (χ0n) is 9.94. The van der Waals surface area contributed by atoms with Gasteiger partial charge in [-0.2, -0.15) is 0 Å². The van der Waals surface area contributed by atoms with Crippen LogP contribution in [0.5, 0.6) is 0 Å². The van der Waals surface area contributed by atoms with Crippen LogP contribution in [-0.2, 0) is 10.0 Å². The lowest BCUT2D eigenvalue weighted by Crippen LogP contribution is -2.39. The monoisotopic (exact) mass is 334 g/mol. The molecule has 0 saturated heterocycles. The maximum Gasteiger partial charge on any atom is 0.328 e. The van der Waals surface area contributed by atoms with E-state index in [1.54, 1.807) is 12.1 Å². The van der Waals surface area contributed by atoms with E-state index < -0.39 is 16.1 Å². The van der Waals surface area contributed by atoms with Crippen LogP contribution in [0.2, 0.25) is 0 Å². The Morgan fingerprint density at radius 1 is 1.28 bits per heavy atom. The zero-order valence-corrected chi connectivity index (χ0v) is 12.3. The smallest absolute Gasteiger partial charge is 0.328 e. The molecular formula is C11H15BrN2O3S. The summed E-state index contributed by atoms with van der Waals surface area (Å²) >= 11 is 3.21. The molecule has 0 saturated carbocycles. The van der Waals surface area contributed by atoms with Crippen molar-refractivity contribution >= 4 is 32.0 Å². The first-order chi connectivity index (χ1) is 8.45. The Kier molecular flexibility index (Phi) is 5.61. The van der Waals surface area contributed by atoms with Crippen molar-refractivity contribution < 1.29 is 13.2 Å². The minimum absolute atomic E-state index is 0.0522. The highest BCUT2D eigenvalue weighted by Crippen LogP contribution is 2.14. The molecule has 2 amide bonds. The summed E-state index contributed by atoms with van der Waals surface area (Å²) < 4.78 is 26.3. The number of rotatable bonds is 5. The van der Waals surface area contributed by atoms with E-state index in [9.17, 15) is 13.2 Å². The second-order valence-electron chi connectivity index (χ2n) is 3.67. The van der Waals surface area contributed by atoms with Gasteiger partial charge in [-0.3, -0.25) is 0 Å². The van der Waals surface area contributed by atoms with Crippen LogP contribution in [0.25, 0.3) is 0 Å². The van der Waals surface area contributed by atoms with Gasteiger partial charge >= 0.3 is 6.03 Å². The zero-order chi connectivity index (χ0) is 13.6. The number of nitrogens with one attached hydrogen (secondary N) is 2. The van der Waals surface area contributed by atoms with Crippen molar-refractivity contribution in [2.75, 3.05) is 6.54 Å². The Morgan fingerprint density at radius 2 is 1.89 bits per heavy atom. The summed E-state index contributed by atoms with van der Waals surface area (Å²) in [7, 11) is -3.80. The van der Waals surface area contributed by atoms with Gasteiger partial charge in [0.15, 0.2) is 0 Å². The van der Waals surface area contributed by atoms with Crippen LogP contribution in [0.1, 0.15) is 19.8 Å². The fourth-order valence-electron chi connectivity index (χ4n) is 1.21. The molecule has 18 heavy (non-hydrogen) atoms. The Balaban J connectivity index is 2.64. The lowest BCUT2D eigenvalue weighted by atomic mass is 10.3. The average Bonchev–Trinajstić information content (AvgIpc) is 2.29. The number of hydrogen-bond acceptors (Lipinski definition) is 3. The SMILES string of the molecule is CCCCNC(=O)NS(=O)(=O)c1ccc(Br)cc1. The van der Waals surface area contributed by atoms with Crippen molar-refractivity contribution in [1.29, 1.82) is 0 Å². The first kappa shape index (κ1) is 15.0. The molecule has 5 nitrogen and oxygen atoms in total. The van der Waals surface area contributed by atoms with Crippen molar-refractivity contribution in [3.63, 3.8) is 0 Å². The van der Waals surface area contributed by atoms with Gasteiger partial charge in [-0.05, 0) is 30.7 Å². The fourth-order valence-corrected chi connectivity index (χ4v) is 2.40. The minimum atomic E-state index is -3.80. The van der Waals surface area contributed by atoms with Crippen molar-refractivity contribution in [3.05, 3.63) is 28.7 Å². The summed E-state index contributed by atoms with van der Waals surface area (Å²) in [6.45, 7) is 2.44. The Labute approximate surface area is 115 Å². The Morgan fingerprint density at radius 3 is 2.44 bits per heavy atom. The average molecular weight is 335 g/mol. The standard InChI is InChI=1S/C11H15BrN2O3S/c1-2-3-8-13-11(15)14-18(16,17)10-6-4-9(12)5-7-10/h4-7H,2-3,8H2,1H3,(H2,13,14,15). The first-order valence-electron chi connectivity index (χ1n) is 5.52. The van der Waals surface area contributed by atoms with E-state index in [-0.39, 0.29) is 4.90 Å². The molecule has 0 unspecified atom stereocenters. The number of amides is 2. The third-order valence-electron chi connectivity index (χ3n) is 2.17. The van der Waals surface area contributed by atoms with Crippen molar-refractivity contribution in [3.8, 4) is 0 Å². The molecule has 0 aliphatic heterocycles. The quantitative estimate of drug-likeness (QED) is 0.811. The van der Waals surface area contributed by atoms with Gasteiger partial charge in [0.1, 0.15) is 0 Å². The Bertz CT molecular complexity index is 500. The van der Waals surface area contributed by atoms with Crippen LogP contribution >= 0.6 is 15.9 Å². The van der Waals surface area contributed by atoms with Gasteiger partial charge in [-0.25, -0.2) is 17.9 Å². The summed E-state index contributed by atoms with van der Waals surface area (Å²) in [5.74, 6) is 0. The lowest BCUT2D eigenvalue weighted by molar-refractivity contribution is 0.245. The van der Waals surface area contributed by atoms with Gasteiger partial charge in [-0.15, -0.1) is 0 Å². The molecule has 0 radical (unpaired) electrons. The lowest BCUT2D eigenvalue weighted by Gasteiger charge is -2.08. The topological polar surface area (TPSA) is 75.3 Å². The molecular weight excluding hydrogens is 320 g/mol. The highest BCUT2D eigenvalue weighted by Gasteiger charge is 2.16. The van der Waals surface area contributed by atoms with Crippen LogP contribution in [-0.4, -0.2) is 21.0 Å². The van der Waals surface area contributed by atoms with E-state index >= 15 is 0 Å². The molecule has 0 fully saturated rings. The number of unbranched alkanes of at least 4 members (excludes halogenated alkanes) is 1. The number of halogens is 1. The van der Waals surface area contributed by atoms with Crippen LogP contribution in [0, 0.1) is 0 Å². The highest BCUT2D eigenvalue weighted by atomic mass is 79.9. The number of carbonyl (C=O) groups is 1. The molecule has 0 spiro atoms. The molecule has 1 aromatic rings. The van der Waals surface area contributed by atoms with Gasteiger partial charge in [0, 0.05) is 11.0 Å². The summed E-state index contributed by atoms with van der Waals surface area (Å²) in [5.41, 5.74) is 0. The van der Waals surface area contributed by atoms with Crippen LogP contribution in [0.4, 0.5) is 4.79 Å². The highest BCUT2D eigenvalue weighted by molar-refractivity contribution is 9.10. The van der Waals surface area contributed by atoms with Crippen molar-refractivity contribution in [1.82, 2.24) is 10.0 Å². The third kappa shape index (κ3) is 4.66. The van der Waals surface area contributed by atoms with Crippen molar-refractivity contribution in [2.45, 2.75) is 24.7 Å². The summed E-state index contributed by atoms with van der Waals surface area (Å²) in [6, 6.07) is 5.34. The molecule has 0 aliphatic rings. The maximum atomic E-state index is 11.8. The molecule has 0 bridgehead atoms. The van der Waals surface area contributed by atoms with Gasteiger partial charge in [-0.1, -0.05) is 29.3 Å². The van der Waals surface area contributed by atoms with Gasteiger partial charge in [0.2, 0.25) is 0 Å². The molecule has 0 heterocycles. The molecule has 1 rings (SSSR count). The maximum absolute atomic E-state index is 11.8. The van der Waals surface area contributed by atoms with Gasteiger partial charge < -0.3 is 5.32 Å². The fraction of sp³-hybridized carbons (Fsp3) is 0.364. The van der Waals surface area contributed by atoms with Crippen LogP contribution in [0.15, 0.2) is 33.6 Å². The van der Waals surface area contributed by atoms with E-state index in [1.165, 1.54) is 12.1 Å². The van der Waals surface area contributed by atoms with E-state index in [0.717, 1.165) is 17.3 Å². The summed E-state index contributed by atoms with van der Waals surface area (Å²) in [4.78, 5) is 11.4. The van der Waals surface area contributed by atoms with Crippen molar-refractivity contribution in [2.24, 2.45) is 0 Å². The van der Waals surface area contributed by atoms with E-state index in [0.29, 0.717) is 6.54 Å². The molecule has 1 aromatic carbocycles. The van der Waals surface area contributed by atoms with Gasteiger partial charge in [0.25, 0.3) is 10.0 Å². The van der Waals surface area contributed by atoms with E-state index in [2.05, 4.69) is 21.2 Å². The van der Waals surface area contributed by atoms with E-state index in [4.69, 9.17) is 0 Å². The third-order valence-corrected chi connectivity index (χ3v) is 4.04. The largest absolute Gasteiger partial charge is 0.337 e. The second kappa shape index (κ2) is 6.75. The van der Waals surface area contributed by atoms with E-state index in [1.807, 2.05) is 11.6 Å². The molecule has 0 aromatic heterocycles. The minimum Gasteiger partial charge on any atom is -0.337 e. The number of sulfonamides is 1. The summed E-state index contributed by atoms with van der Waals surface area (Å²) in [5, 5.41) is 2.48. The molecule has 2 N–H and O–H groups in total. The first-order valence-corrected chi connectivity index (χ1v) is 7.79. The predicted molar refractivity (Wildman–Crippen MR) is 72.8 cm³/mol. The molecule has 0 aliphatic carbocycles.